The highest BCUT2D eigenvalue weighted by atomic mass is 35.5. The molecule has 0 aliphatic carbocycles. The quantitative estimate of drug-likeness (QED) is 0.184. The van der Waals surface area contributed by atoms with Gasteiger partial charge in [0, 0.05) is 50.0 Å². The van der Waals surface area contributed by atoms with Crippen LogP contribution >= 0.6 is 34.8 Å². The molecule has 2 heterocycles. The summed E-state index contributed by atoms with van der Waals surface area (Å²) in [5, 5.41) is 13.3. The van der Waals surface area contributed by atoms with E-state index in [9.17, 15) is 0 Å². The Kier molecular flexibility index (Phi) is 8.21. The Labute approximate surface area is 264 Å². The summed E-state index contributed by atoms with van der Waals surface area (Å²) in [4.78, 5) is 4.46. The van der Waals surface area contributed by atoms with Crippen LogP contribution in [0.5, 0.6) is 17.2 Å². The van der Waals surface area contributed by atoms with E-state index in [2.05, 4.69) is 22.4 Å². The van der Waals surface area contributed by atoms with E-state index in [0.717, 1.165) is 44.8 Å². The number of ether oxygens (including phenoxy) is 3. The summed E-state index contributed by atoms with van der Waals surface area (Å²) in [6.07, 6.45) is 2.37. The summed E-state index contributed by atoms with van der Waals surface area (Å²) >= 11 is 19.1. The fourth-order valence-corrected chi connectivity index (χ4v) is 5.99. The highest BCUT2D eigenvalue weighted by molar-refractivity contribution is 6.35. The van der Waals surface area contributed by atoms with Crippen molar-refractivity contribution in [2.45, 2.75) is 12.5 Å². The molecule has 4 aromatic carbocycles. The summed E-state index contributed by atoms with van der Waals surface area (Å²) in [6, 6.07) is 25.0. The number of methoxy groups -OCH3 is 3. The van der Waals surface area contributed by atoms with E-state index in [1.807, 2.05) is 65.7 Å². The van der Waals surface area contributed by atoms with Crippen molar-refractivity contribution in [1.82, 2.24) is 4.98 Å². The molecular weight excluding hydrogens is 607 g/mol. The molecule has 43 heavy (non-hydrogen) atoms. The first-order valence-electron chi connectivity index (χ1n) is 13.4. The predicted octanol–water partition coefficient (Wildman–Crippen LogP) is 9.32. The normalized spacial score (nSPS) is 14.5. The zero-order valence-electron chi connectivity index (χ0n) is 23.6. The molecule has 1 N–H and O–H groups in total. The van der Waals surface area contributed by atoms with E-state index in [-0.39, 0.29) is 6.04 Å². The number of halogens is 3. The standard InChI is InChI=1S/C33H27Cl3N4O3/c1-41-31-12-20(13-32(42-2)33(31)43-3)28-18-30(40(39-28)25-15-22(35)14-23(36)16-25)19-5-4-6-24(11-19)38-27-9-10-37-29-17-21(34)7-8-26(27)29/h4-17,30H,18H2,1-3H3,(H,37,38). The van der Waals surface area contributed by atoms with Gasteiger partial charge in [-0.25, -0.2) is 0 Å². The van der Waals surface area contributed by atoms with Crippen LogP contribution in [0, 0.1) is 0 Å². The minimum Gasteiger partial charge on any atom is -0.493 e. The summed E-state index contributed by atoms with van der Waals surface area (Å²) in [7, 11) is 4.78. The van der Waals surface area contributed by atoms with E-state index >= 15 is 0 Å². The Balaban J connectivity index is 1.40. The lowest BCUT2D eigenvalue weighted by atomic mass is 9.97. The Morgan fingerprint density at radius 2 is 1.53 bits per heavy atom. The van der Waals surface area contributed by atoms with Gasteiger partial charge >= 0.3 is 0 Å². The molecule has 6 rings (SSSR count). The highest BCUT2D eigenvalue weighted by Gasteiger charge is 2.31. The van der Waals surface area contributed by atoms with Crippen LogP contribution in [-0.4, -0.2) is 32.0 Å². The lowest BCUT2D eigenvalue weighted by Gasteiger charge is -2.25. The van der Waals surface area contributed by atoms with Crippen molar-refractivity contribution in [3.05, 3.63) is 111 Å². The number of nitrogens with zero attached hydrogens (tertiary/aromatic N) is 3. The van der Waals surface area contributed by atoms with Crippen molar-refractivity contribution in [2.75, 3.05) is 31.7 Å². The number of pyridine rings is 1. The third kappa shape index (κ3) is 5.89. The van der Waals surface area contributed by atoms with Gasteiger partial charge < -0.3 is 19.5 Å². The second-order valence-corrected chi connectivity index (χ2v) is 11.2. The second kappa shape index (κ2) is 12.2. The predicted molar refractivity (Wildman–Crippen MR) is 175 cm³/mol. The van der Waals surface area contributed by atoms with E-state index in [4.69, 9.17) is 54.1 Å². The fourth-order valence-electron chi connectivity index (χ4n) is 5.31. The summed E-state index contributed by atoms with van der Waals surface area (Å²) in [6.45, 7) is 0. The molecule has 7 nitrogen and oxygen atoms in total. The van der Waals surface area contributed by atoms with Crippen molar-refractivity contribution < 1.29 is 14.2 Å². The average Bonchev–Trinajstić information content (AvgIpc) is 3.46. The monoisotopic (exact) mass is 632 g/mol. The molecule has 1 aliphatic heterocycles. The molecule has 0 saturated heterocycles. The average molecular weight is 634 g/mol. The largest absolute Gasteiger partial charge is 0.493 e. The number of hydrogen-bond acceptors (Lipinski definition) is 7. The molecule has 0 bridgehead atoms. The zero-order valence-corrected chi connectivity index (χ0v) is 25.8. The van der Waals surface area contributed by atoms with E-state index < -0.39 is 0 Å². The Bertz CT molecular complexity index is 1820. The second-order valence-electron chi connectivity index (χ2n) is 9.92. The Hall–Kier alpha value is -4.17. The van der Waals surface area contributed by atoms with Gasteiger partial charge in [-0.05, 0) is 72.3 Å². The number of hydrazone groups is 1. The number of nitrogens with one attached hydrogen (secondary N) is 1. The molecule has 1 aromatic heterocycles. The van der Waals surface area contributed by atoms with Gasteiger partial charge in [-0.1, -0.05) is 46.9 Å². The minimum atomic E-state index is -0.154. The zero-order chi connectivity index (χ0) is 30.1. The maximum Gasteiger partial charge on any atom is 0.203 e. The maximum absolute atomic E-state index is 6.43. The summed E-state index contributed by atoms with van der Waals surface area (Å²) in [5.41, 5.74) is 6.19. The van der Waals surface area contributed by atoms with Crippen molar-refractivity contribution in [1.29, 1.82) is 0 Å². The fraction of sp³-hybridized carbons (Fsp3) is 0.152. The van der Waals surface area contributed by atoms with Crippen LogP contribution in [0.25, 0.3) is 10.9 Å². The third-order valence-electron chi connectivity index (χ3n) is 7.28. The van der Waals surface area contributed by atoms with Crippen LogP contribution in [0.15, 0.2) is 90.2 Å². The molecule has 0 spiro atoms. The molecule has 1 aliphatic rings. The molecule has 0 amide bonds. The van der Waals surface area contributed by atoms with Gasteiger partial charge in [-0.2, -0.15) is 5.10 Å². The van der Waals surface area contributed by atoms with Gasteiger partial charge in [0.25, 0.3) is 0 Å². The number of aromatic nitrogens is 1. The Morgan fingerprint density at radius 3 is 2.23 bits per heavy atom. The van der Waals surface area contributed by atoms with Crippen LogP contribution in [-0.2, 0) is 0 Å². The maximum atomic E-state index is 6.43. The van der Waals surface area contributed by atoms with Crippen molar-refractivity contribution in [2.24, 2.45) is 5.10 Å². The van der Waals surface area contributed by atoms with Crippen LogP contribution in [0.1, 0.15) is 23.6 Å². The van der Waals surface area contributed by atoms with Gasteiger partial charge in [0.15, 0.2) is 11.5 Å². The Morgan fingerprint density at radius 1 is 0.791 bits per heavy atom. The molecule has 5 aromatic rings. The first-order chi connectivity index (χ1) is 20.9. The molecule has 218 valence electrons. The van der Waals surface area contributed by atoms with Gasteiger partial charge in [-0.3, -0.25) is 9.99 Å². The van der Waals surface area contributed by atoms with Gasteiger partial charge in [0.1, 0.15) is 0 Å². The van der Waals surface area contributed by atoms with Gasteiger partial charge in [0.05, 0.1) is 44.3 Å². The number of rotatable bonds is 8. The third-order valence-corrected chi connectivity index (χ3v) is 7.95. The van der Waals surface area contributed by atoms with Gasteiger partial charge in [-0.15, -0.1) is 0 Å². The van der Waals surface area contributed by atoms with Crippen molar-refractivity contribution in [3.63, 3.8) is 0 Å². The van der Waals surface area contributed by atoms with Crippen LogP contribution in [0.3, 0.4) is 0 Å². The van der Waals surface area contributed by atoms with E-state index in [0.29, 0.717) is 38.7 Å². The number of anilines is 3. The van der Waals surface area contributed by atoms with Gasteiger partial charge in [0.2, 0.25) is 5.75 Å². The molecule has 0 fully saturated rings. The molecule has 0 saturated carbocycles. The molecule has 10 heteroatoms. The molecular formula is C33H27Cl3N4O3. The smallest absolute Gasteiger partial charge is 0.203 e. The molecule has 1 unspecified atom stereocenters. The number of benzene rings is 4. The van der Waals surface area contributed by atoms with Crippen molar-refractivity contribution in [3.8, 4) is 17.2 Å². The molecule has 1 atom stereocenters. The lowest BCUT2D eigenvalue weighted by Crippen LogP contribution is -2.18. The van der Waals surface area contributed by atoms with Crippen LogP contribution in [0.2, 0.25) is 15.1 Å². The van der Waals surface area contributed by atoms with Crippen molar-refractivity contribution >= 4 is 68.5 Å². The molecule has 0 radical (unpaired) electrons. The van der Waals surface area contributed by atoms with Crippen LogP contribution < -0.4 is 24.5 Å². The first kappa shape index (κ1) is 28.9. The minimum absolute atomic E-state index is 0.154. The van der Waals surface area contributed by atoms with E-state index in [1.165, 1.54) is 0 Å². The number of hydrogen-bond donors (Lipinski definition) is 1. The SMILES string of the molecule is COc1cc(C2=NN(c3cc(Cl)cc(Cl)c3)C(c3cccc(Nc4ccnc5cc(Cl)ccc45)c3)C2)cc(OC)c1OC. The summed E-state index contributed by atoms with van der Waals surface area (Å²) < 4.78 is 16.8. The van der Waals surface area contributed by atoms with E-state index in [1.54, 1.807) is 33.6 Å². The first-order valence-corrected chi connectivity index (χ1v) is 14.5. The highest BCUT2D eigenvalue weighted by Crippen LogP contribution is 2.43. The number of fused-ring (bicyclic) bond motifs is 1. The topological polar surface area (TPSA) is 68.2 Å². The lowest BCUT2D eigenvalue weighted by molar-refractivity contribution is 0.324. The van der Waals surface area contributed by atoms with Crippen LogP contribution in [0.4, 0.5) is 17.1 Å². The summed E-state index contributed by atoms with van der Waals surface area (Å²) in [5.74, 6) is 1.63.